The highest BCUT2D eigenvalue weighted by Gasteiger charge is 2.15. The molecule has 0 unspecified atom stereocenters. The maximum atomic E-state index is 12.8. The second-order valence-electron chi connectivity index (χ2n) is 5.96. The van der Waals surface area contributed by atoms with Crippen molar-refractivity contribution in [2.75, 3.05) is 31.9 Å². The molecule has 8 heteroatoms. The van der Waals surface area contributed by atoms with Gasteiger partial charge in [0.1, 0.15) is 22.3 Å². The van der Waals surface area contributed by atoms with Gasteiger partial charge in [0, 0.05) is 48.6 Å². The average Bonchev–Trinajstić information content (AvgIpc) is 2.77. The highest BCUT2D eigenvalue weighted by molar-refractivity contribution is 7.98. The van der Waals surface area contributed by atoms with Gasteiger partial charge in [-0.15, -0.1) is 11.8 Å². The summed E-state index contributed by atoms with van der Waals surface area (Å²) in [6.07, 6.45) is 3.31. The van der Waals surface area contributed by atoms with Crippen molar-refractivity contribution in [2.24, 2.45) is 0 Å². The molecule has 1 amide bonds. The maximum Gasteiger partial charge on any atom is 0.258 e. The molecule has 29 heavy (non-hydrogen) atoms. The average molecular weight is 410 g/mol. The first-order chi connectivity index (χ1) is 14.1. The number of carbonyl (C=O) groups excluding carboxylic acids is 1. The highest BCUT2D eigenvalue weighted by atomic mass is 32.2. The molecule has 3 rings (SSSR count). The number of nitrogens with zero attached hydrogens (tertiary/aromatic N) is 2. The molecule has 7 nitrogen and oxygen atoms in total. The number of aromatic nitrogens is 2. The second-order valence-corrected chi connectivity index (χ2v) is 6.92. The van der Waals surface area contributed by atoms with Crippen LogP contribution in [0.3, 0.4) is 0 Å². The van der Waals surface area contributed by atoms with Gasteiger partial charge in [-0.25, -0.2) is 9.97 Å². The monoisotopic (exact) mass is 410 g/mol. The van der Waals surface area contributed by atoms with E-state index >= 15 is 0 Å². The van der Waals surface area contributed by atoms with E-state index in [1.807, 2.05) is 18.2 Å². The number of nitrogens with one attached hydrogen (secondary N) is 2. The number of pyridine rings is 2. The van der Waals surface area contributed by atoms with Crippen molar-refractivity contribution in [3.05, 3.63) is 66.0 Å². The molecule has 1 aromatic carbocycles. The summed E-state index contributed by atoms with van der Waals surface area (Å²) in [6.45, 7) is 0. The summed E-state index contributed by atoms with van der Waals surface area (Å²) < 4.78 is 10.7. The van der Waals surface area contributed by atoms with Gasteiger partial charge in [-0.05, 0) is 24.3 Å². The van der Waals surface area contributed by atoms with Crippen LogP contribution in [0, 0.1) is 0 Å². The van der Waals surface area contributed by atoms with Gasteiger partial charge >= 0.3 is 0 Å². The number of amides is 1. The fourth-order valence-corrected chi connectivity index (χ4v) is 3.62. The minimum absolute atomic E-state index is 0.226. The molecule has 0 saturated heterocycles. The van der Waals surface area contributed by atoms with Crippen LogP contribution in [-0.4, -0.2) is 37.1 Å². The first kappa shape index (κ1) is 20.5. The van der Waals surface area contributed by atoms with Crippen LogP contribution in [0.15, 0.2) is 59.9 Å². The van der Waals surface area contributed by atoms with E-state index in [-0.39, 0.29) is 5.91 Å². The Morgan fingerprint density at radius 2 is 1.93 bits per heavy atom. The van der Waals surface area contributed by atoms with E-state index < -0.39 is 0 Å². The molecule has 0 aliphatic heterocycles. The molecular formula is C21H22N4O3S. The predicted octanol–water partition coefficient (Wildman–Crippen LogP) is 4.08. The number of methoxy groups -OCH3 is 2. The lowest BCUT2D eigenvalue weighted by Crippen LogP contribution is -2.14. The molecule has 0 spiro atoms. The number of rotatable bonds is 8. The maximum absolute atomic E-state index is 12.8. The molecule has 0 fully saturated rings. The smallest absolute Gasteiger partial charge is 0.258 e. The van der Waals surface area contributed by atoms with E-state index in [0.717, 1.165) is 17.1 Å². The van der Waals surface area contributed by atoms with Crippen molar-refractivity contribution >= 4 is 29.2 Å². The minimum Gasteiger partial charge on any atom is -0.497 e. The second kappa shape index (κ2) is 9.79. The normalized spacial score (nSPS) is 10.3. The Hall–Kier alpha value is -3.26. The van der Waals surface area contributed by atoms with Crippen LogP contribution in [0.1, 0.15) is 15.9 Å². The molecule has 150 valence electrons. The third-order valence-electron chi connectivity index (χ3n) is 4.15. The molecule has 0 aliphatic carbocycles. The van der Waals surface area contributed by atoms with Crippen LogP contribution < -0.4 is 20.1 Å². The number of thioether (sulfide) groups is 1. The van der Waals surface area contributed by atoms with Crippen molar-refractivity contribution in [3.63, 3.8) is 0 Å². The Kier molecular flexibility index (Phi) is 6.91. The summed E-state index contributed by atoms with van der Waals surface area (Å²) in [5.41, 5.74) is 2.15. The van der Waals surface area contributed by atoms with Gasteiger partial charge in [0.2, 0.25) is 0 Å². The lowest BCUT2D eigenvalue weighted by atomic mass is 10.2. The summed E-state index contributed by atoms with van der Waals surface area (Å²) in [7, 11) is 5.01. The summed E-state index contributed by atoms with van der Waals surface area (Å²) in [5.74, 6) is 2.51. The molecule has 2 N–H and O–H groups in total. The van der Waals surface area contributed by atoms with E-state index in [9.17, 15) is 4.79 Å². The zero-order valence-corrected chi connectivity index (χ0v) is 17.2. The highest BCUT2D eigenvalue weighted by Crippen LogP contribution is 2.31. The van der Waals surface area contributed by atoms with Crippen LogP contribution in [0.4, 0.5) is 11.5 Å². The van der Waals surface area contributed by atoms with Crippen molar-refractivity contribution in [2.45, 2.75) is 10.8 Å². The molecule has 0 saturated carbocycles. The first-order valence-electron chi connectivity index (χ1n) is 8.88. The van der Waals surface area contributed by atoms with Crippen LogP contribution in [-0.2, 0) is 5.75 Å². The van der Waals surface area contributed by atoms with Gasteiger partial charge in [0.15, 0.2) is 0 Å². The largest absolute Gasteiger partial charge is 0.497 e. The first-order valence-corrected chi connectivity index (χ1v) is 9.87. The molecular weight excluding hydrogens is 388 g/mol. The molecule has 0 atom stereocenters. The number of hydrogen-bond donors (Lipinski definition) is 2. The topological polar surface area (TPSA) is 85.4 Å². The van der Waals surface area contributed by atoms with Gasteiger partial charge < -0.3 is 20.1 Å². The lowest BCUT2D eigenvalue weighted by molar-refractivity contribution is 0.102. The number of benzene rings is 1. The fourth-order valence-electron chi connectivity index (χ4n) is 2.64. The Bertz CT molecular complexity index is 997. The summed E-state index contributed by atoms with van der Waals surface area (Å²) >= 11 is 1.47. The summed E-state index contributed by atoms with van der Waals surface area (Å²) in [6, 6.07) is 12.7. The van der Waals surface area contributed by atoms with Crippen LogP contribution >= 0.6 is 11.8 Å². The van der Waals surface area contributed by atoms with E-state index in [1.54, 1.807) is 57.9 Å². The van der Waals surface area contributed by atoms with E-state index in [0.29, 0.717) is 27.8 Å². The molecule has 0 aliphatic rings. The van der Waals surface area contributed by atoms with Gasteiger partial charge in [-0.2, -0.15) is 0 Å². The minimum atomic E-state index is -0.226. The van der Waals surface area contributed by atoms with Crippen LogP contribution in [0.25, 0.3) is 0 Å². The molecule has 0 radical (unpaired) electrons. The SMILES string of the molecule is CNc1cc(NC(=O)c2cccnc2SCc2ccc(OC)cc2OC)ccn1. The summed E-state index contributed by atoms with van der Waals surface area (Å²) in [4.78, 5) is 21.3. The number of hydrogen-bond acceptors (Lipinski definition) is 7. The van der Waals surface area contributed by atoms with E-state index in [1.165, 1.54) is 11.8 Å². The van der Waals surface area contributed by atoms with Crippen molar-refractivity contribution in [1.82, 2.24) is 9.97 Å². The van der Waals surface area contributed by atoms with Gasteiger partial charge in [-0.1, -0.05) is 6.07 Å². The molecule has 0 bridgehead atoms. The van der Waals surface area contributed by atoms with Crippen molar-refractivity contribution in [3.8, 4) is 11.5 Å². The summed E-state index contributed by atoms with van der Waals surface area (Å²) in [5, 5.41) is 6.49. The Labute approximate surface area is 173 Å². The van der Waals surface area contributed by atoms with Gasteiger partial charge in [0.05, 0.1) is 19.8 Å². The van der Waals surface area contributed by atoms with Crippen molar-refractivity contribution < 1.29 is 14.3 Å². The lowest BCUT2D eigenvalue weighted by Gasteiger charge is -2.12. The van der Waals surface area contributed by atoms with Crippen LogP contribution in [0.5, 0.6) is 11.5 Å². The van der Waals surface area contributed by atoms with E-state index in [2.05, 4.69) is 20.6 Å². The van der Waals surface area contributed by atoms with Crippen molar-refractivity contribution in [1.29, 1.82) is 0 Å². The number of ether oxygens (including phenoxy) is 2. The number of anilines is 2. The predicted molar refractivity (Wildman–Crippen MR) is 115 cm³/mol. The third kappa shape index (κ3) is 5.17. The van der Waals surface area contributed by atoms with Crippen LogP contribution in [0.2, 0.25) is 0 Å². The van der Waals surface area contributed by atoms with E-state index in [4.69, 9.17) is 9.47 Å². The Balaban J connectivity index is 1.76. The fraction of sp³-hybridized carbons (Fsp3) is 0.190. The standard InChI is InChI=1S/C21H22N4O3S/c1-22-19-11-15(8-10-23-19)25-20(26)17-5-4-9-24-21(17)29-13-14-6-7-16(27-2)12-18(14)28-3/h4-12H,13H2,1-3H3,(H2,22,23,25,26). The molecule has 2 aromatic heterocycles. The molecule has 3 aromatic rings. The zero-order chi connectivity index (χ0) is 20.6. The Morgan fingerprint density at radius 3 is 2.69 bits per heavy atom. The van der Waals surface area contributed by atoms with Gasteiger partial charge in [-0.3, -0.25) is 4.79 Å². The Morgan fingerprint density at radius 1 is 1.07 bits per heavy atom. The number of carbonyl (C=O) groups is 1. The quantitative estimate of drug-likeness (QED) is 0.541. The zero-order valence-electron chi connectivity index (χ0n) is 16.4. The molecule has 2 heterocycles. The van der Waals surface area contributed by atoms with Gasteiger partial charge in [0.25, 0.3) is 5.91 Å². The third-order valence-corrected chi connectivity index (χ3v) is 5.20.